The molecule has 0 aliphatic carbocycles. The van der Waals surface area contributed by atoms with Gasteiger partial charge in [-0.15, -0.1) is 0 Å². The molecule has 3 rings (SSSR count). The van der Waals surface area contributed by atoms with Gasteiger partial charge in [-0.3, -0.25) is 0 Å². The summed E-state index contributed by atoms with van der Waals surface area (Å²) in [5, 5.41) is 0.545. The second-order valence-corrected chi connectivity index (χ2v) is 6.25. The third-order valence-electron chi connectivity index (χ3n) is 3.91. The number of hydrogen-bond donors (Lipinski definition) is 0. The number of esters is 1. The van der Waals surface area contributed by atoms with Crippen LogP contribution in [0.15, 0.2) is 34.9 Å². The van der Waals surface area contributed by atoms with Crippen molar-refractivity contribution in [2.24, 2.45) is 0 Å². The van der Waals surface area contributed by atoms with Crippen molar-refractivity contribution in [2.45, 2.75) is 38.6 Å². The van der Waals surface area contributed by atoms with E-state index in [1.165, 1.54) is 6.26 Å². The molecule has 2 atom stereocenters. The third kappa shape index (κ3) is 4.81. The number of oxazole rings is 1. The molecule has 25 heavy (non-hydrogen) atoms. The van der Waals surface area contributed by atoms with E-state index in [2.05, 4.69) is 4.98 Å². The van der Waals surface area contributed by atoms with Crippen LogP contribution in [0.5, 0.6) is 0 Å². The molecule has 1 aliphatic heterocycles. The van der Waals surface area contributed by atoms with E-state index in [4.69, 9.17) is 30.2 Å². The summed E-state index contributed by atoms with van der Waals surface area (Å²) in [5.41, 5.74) is 1.20. The van der Waals surface area contributed by atoms with Crippen molar-refractivity contribution in [1.29, 1.82) is 0 Å². The fourth-order valence-electron chi connectivity index (χ4n) is 2.49. The Hall–Kier alpha value is -1.89. The molecule has 6 nitrogen and oxygen atoms in total. The average molecular weight is 366 g/mol. The van der Waals surface area contributed by atoms with E-state index < -0.39 is 12.1 Å². The van der Waals surface area contributed by atoms with Crippen LogP contribution in [-0.2, 0) is 25.6 Å². The lowest BCUT2D eigenvalue weighted by atomic mass is 10.2. The van der Waals surface area contributed by atoms with Gasteiger partial charge in [-0.1, -0.05) is 23.7 Å². The second-order valence-electron chi connectivity index (χ2n) is 5.84. The van der Waals surface area contributed by atoms with Crippen LogP contribution in [0.25, 0.3) is 11.5 Å². The maximum Gasteiger partial charge on any atom is 0.335 e. The largest absolute Gasteiger partial charge is 0.457 e. The number of rotatable bonds is 7. The molecule has 0 amide bonds. The summed E-state index contributed by atoms with van der Waals surface area (Å²) in [5.74, 6) is -0.0559. The standard InChI is InChI=1S/C18H20ClNO5/c1-12(23-11-14-5-4-8-22-14)18(21)25-10-13-9-24-17(20-13)15-6-2-3-7-16(15)19/h2-3,6-7,9,12,14H,4-5,8,10-11H2,1H3. The first-order chi connectivity index (χ1) is 12.1. The molecule has 2 heterocycles. The van der Waals surface area contributed by atoms with E-state index in [1.54, 1.807) is 13.0 Å². The summed E-state index contributed by atoms with van der Waals surface area (Å²) < 4.78 is 21.6. The van der Waals surface area contributed by atoms with Crippen molar-refractivity contribution in [2.75, 3.05) is 13.2 Å². The third-order valence-corrected chi connectivity index (χ3v) is 4.24. The molecule has 0 saturated carbocycles. The van der Waals surface area contributed by atoms with Crippen LogP contribution in [0.1, 0.15) is 25.5 Å². The molecule has 2 aromatic rings. The van der Waals surface area contributed by atoms with Gasteiger partial charge in [-0.25, -0.2) is 9.78 Å². The van der Waals surface area contributed by atoms with E-state index >= 15 is 0 Å². The molecule has 1 fully saturated rings. The van der Waals surface area contributed by atoms with Gasteiger partial charge in [0.1, 0.15) is 18.6 Å². The number of aromatic nitrogens is 1. The molecule has 1 aliphatic rings. The fraction of sp³-hybridized carbons (Fsp3) is 0.444. The number of nitrogens with zero attached hydrogens (tertiary/aromatic N) is 1. The van der Waals surface area contributed by atoms with Gasteiger partial charge < -0.3 is 18.6 Å². The van der Waals surface area contributed by atoms with Crippen molar-refractivity contribution in [3.63, 3.8) is 0 Å². The molecule has 2 unspecified atom stereocenters. The van der Waals surface area contributed by atoms with Gasteiger partial charge in [-0.05, 0) is 31.9 Å². The van der Waals surface area contributed by atoms with Gasteiger partial charge in [0.15, 0.2) is 6.10 Å². The van der Waals surface area contributed by atoms with Gasteiger partial charge >= 0.3 is 5.97 Å². The zero-order valence-corrected chi connectivity index (χ0v) is 14.7. The molecular formula is C18H20ClNO5. The normalized spacial score (nSPS) is 18.2. The van der Waals surface area contributed by atoms with Gasteiger partial charge in [0.2, 0.25) is 5.89 Å². The zero-order valence-electron chi connectivity index (χ0n) is 13.9. The smallest absolute Gasteiger partial charge is 0.335 e. The Bertz CT molecular complexity index is 711. The van der Waals surface area contributed by atoms with Gasteiger partial charge in [0, 0.05) is 6.61 Å². The first-order valence-electron chi connectivity index (χ1n) is 8.22. The lowest BCUT2D eigenvalue weighted by Gasteiger charge is -2.15. The molecule has 0 radical (unpaired) electrons. The van der Waals surface area contributed by atoms with Gasteiger partial charge in [0.05, 0.1) is 23.3 Å². The van der Waals surface area contributed by atoms with Crippen LogP contribution in [-0.4, -0.2) is 36.4 Å². The van der Waals surface area contributed by atoms with Crippen LogP contribution < -0.4 is 0 Å². The number of hydrogen-bond acceptors (Lipinski definition) is 6. The molecule has 1 aromatic heterocycles. The van der Waals surface area contributed by atoms with Crippen molar-refractivity contribution in [3.8, 4) is 11.5 Å². The molecule has 1 aromatic carbocycles. The molecule has 0 N–H and O–H groups in total. The number of carbonyl (C=O) groups is 1. The van der Waals surface area contributed by atoms with Gasteiger partial charge in [-0.2, -0.15) is 0 Å². The van der Waals surface area contributed by atoms with E-state index in [-0.39, 0.29) is 12.7 Å². The number of carbonyl (C=O) groups excluding carboxylic acids is 1. The van der Waals surface area contributed by atoms with E-state index in [0.29, 0.717) is 28.8 Å². The average Bonchev–Trinajstić information content (AvgIpc) is 3.29. The predicted molar refractivity (Wildman–Crippen MR) is 91.1 cm³/mol. The molecule has 7 heteroatoms. The van der Waals surface area contributed by atoms with Crippen molar-refractivity contribution in [1.82, 2.24) is 4.98 Å². The Balaban J connectivity index is 1.48. The van der Waals surface area contributed by atoms with Crippen molar-refractivity contribution >= 4 is 17.6 Å². The molecule has 0 bridgehead atoms. The SMILES string of the molecule is CC(OCC1CCCO1)C(=O)OCc1coc(-c2ccccc2Cl)n1. The number of halogens is 1. The van der Waals surface area contributed by atoms with Crippen LogP contribution >= 0.6 is 11.6 Å². The summed E-state index contributed by atoms with van der Waals surface area (Å²) in [4.78, 5) is 16.3. The summed E-state index contributed by atoms with van der Waals surface area (Å²) in [7, 11) is 0. The maximum absolute atomic E-state index is 12.0. The molecule has 0 spiro atoms. The highest BCUT2D eigenvalue weighted by atomic mass is 35.5. The molecule has 134 valence electrons. The highest BCUT2D eigenvalue weighted by molar-refractivity contribution is 6.33. The monoisotopic (exact) mass is 365 g/mol. The quantitative estimate of drug-likeness (QED) is 0.698. The summed E-state index contributed by atoms with van der Waals surface area (Å²) in [6, 6.07) is 7.24. The Morgan fingerprint density at radius 1 is 1.44 bits per heavy atom. The highest BCUT2D eigenvalue weighted by Crippen LogP contribution is 2.26. The fourth-order valence-corrected chi connectivity index (χ4v) is 2.71. The zero-order chi connectivity index (χ0) is 17.6. The van der Waals surface area contributed by atoms with E-state index in [1.807, 2.05) is 18.2 Å². The Morgan fingerprint density at radius 3 is 3.04 bits per heavy atom. The molecular weight excluding hydrogens is 346 g/mol. The van der Waals surface area contributed by atoms with Crippen molar-refractivity contribution in [3.05, 3.63) is 41.2 Å². The lowest BCUT2D eigenvalue weighted by Crippen LogP contribution is -2.27. The Kier molecular flexibility index (Phi) is 6.07. The predicted octanol–water partition coefficient (Wildman–Crippen LogP) is 3.62. The highest BCUT2D eigenvalue weighted by Gasteiger charge is 2.21. The maximum atomic E-state index is 12.0. The lowest BCUT2D eigenvalue weighted by molar-refractivity contribution is -0.159. The topological polar surface area (TPSA) is 70.8 Å². The summed E-state index contributed by atoms with van der Waals surface area (Å²) >= 11 is 6.11. The number of benzene rings is 1. The second kappa shape index (κ2) is 8.47. The summed E-state index contributed by atoms with van der Waals surface area (Å²) in [6.45, 7) is 2.83. The van der Waals surface area contributed by atoms with Crippen molar-refractivity contribution < 1.29 is 23.4 Å². The Labute approximate surface area is 151 Å². The molecule has 1 saturated heterocycles. The Morgan fingerprint density at radius 2 is 2.28 bits per heavy atom. The van der Waals surface area contributed by atoms with Crippen LogP contribution in [0.2, 0.25) is 5.02 Å². The summed E-state index contributed by atoms with van der Waals surface area (Å²) in [6.07, 6.45) is 2.87. The number of ether oxygens (including phenoxy) is 3. The first kappa shape index (κ1) is 17.9. The van der Waals surface area contributed by atoms with Crippen LogP contribution in [0.4, 0.5) is 0 Å². The minimum atomic E-state index is -0.654. The van der Waals surface area contributed by atoms with Crippen LogP contribution in [0, 0.1) is 0 Å². The van der Waals surface area contributed by atoms with Gasteiger partial charge in [0.25, 0.3) is 0 Å². The minimum absolute atomic E-state index is 0.0143. The minimum Gasteiger partial charge on any atom is -0.457 e. The van der Waals surface area contributed by atoms with Crippen LogP contribution in [0.3, 0.4) is 0 Å². The van der Waals surface area contributed by atoms with E-state index in [0.717, 1.165) is 19.4 Å². The van der Waals surface area contributed by atoms with E-state index in [9.17, 15) is 4.79 Å². The first-order valence-corrected chi connectivity index (χ1v) is 8.60.